The highest BCUT2D eigenvalue weighted by Crippen LogP contribution is 2.62. The predicted octanol–water partition coefficient (Wildman–Crippen LogP) is 5.61. The minimum atomic E-state index is 0.309. The van der Waals surface area contributed by atoms with Crippen LogP contribution in [0.3, 0.4) is 0 Å². The Morgan fingerprint density at radius 1 is 1.31 bits per heavy atom. The van der Waals surface area contributed by atoms with Gasteiger partial charge in [-0.3, -0.25) is 0 Å². The normalized spacial score (nSPS) is 32.9. The number of hydrogen-bond acceptors (Lipinski definition) is 3. The van der Waals surface area contributed by atoms with Crippen molar-refractivity contribution in [1.29, 1.82) is 0 Å². The van der Waals surface area contributed by atoms with E-state index < -0.39 is 0 Å². The van der Waals surface area contributed by atoms with Gasteiger partial charge in [-0.05, 0) is 106 Å². The van der Waals surface area contributed by atoms with Gasteiger partial charge < -0.3 is 14.7 Å². The second-order valence-corrected chi connectivity index (χ2v) is 9.92. The maximum atomic E-state index is 9.84. The molecule has 0 saturated heterocycles. The highest BCUT2D eigenvalue weighted by atomic mass is 16.5. The fraction of sp³-hybridized carbons (Fsp3) is 0.615. The molecule has 0 bridgehead atoms. The van der Waals surface area contributed by atoms with Crippen molar-refractivity contribution in [1.82, 2.24) is 4.90 Å². The Balaban J connectivity index is 1.44. The van der Waals surface area contributed by atoms with Crippen LogP contribution in [0.2, 0.25) is 0 Å². The van der Waals surface area contributed by atoms with Crippen molar-refractivity contribution in [3.8, 4) is 5.75 Å². The fourth-order valence-electron chi connectivity index (χ4n) is 6.11. The summed E-state index contributed by atoms with van der Waals surface area (Å²) in [5, 5.41) is 9.84. The molecule has 3 heteroatoms. The Hall–Kier alpha value is -1.58. The molecule has 0 aromatic heterocycles. The van der Waals surface area contributed by atoms with Gasteiger partial charge in [0.2, 0.25) is 0 Å². The molecular weight excluding hydrogens is 358 g/mol. The minimum Gasteiger partial charge on any atom is -0.508 e. The number of aromatic hydroxyl groups is 1. The molecule has 5 atom stereocenters. The SMILES string of the molecule is CC(CCN(C)C)OC/C=C1\CCC2C3C=Cc4cc(O)ccc4C3CCC12C. The number of nitrogens with zero attached hydrogens (tertiary/aromatic N) is 1. The fourth-order valence-corrected chi connectivity index (χ4v) is 6.11. The first kappa shape index (κ1) is 20.7. The number of benzene rings is 1. The third-order valence-corrected chi connectivity index (χ3v) is 7.84. The number of hydrogen-bond donors (Lipinski definition) is 1. The molecule has 0 amide bonds. The Kier molecular flexibility index (Phi) is 5.90. The summed E-state index contributed by atoms with van der Waals surface area (Å²) < 4.78 is 6.10. The maximum Gasteiger partial charge on any atom is 0.116 e. The molecule has 0 spiro atoms. The second kappa shape index (κ2) is 8.28. The molecule has 5 unspecified atom stereocenters. The molecule has 2 saturated carbocycles. The molecule has 1 N–H and O–H groups in total. The summed E-state index contributed by atoms with van der Waals surface area (Å²) in [6.45, 7) is 6.52. The van der Waals surface area contributed by atoms with Crippen molar-refractivity contribution in [2.24, 2.45) is 17.3 Å². The standard InChI is InChI=1S/C26H37NO2/c1-18(12-15-27(3)4)29-16-13-20-6-10-25-24-8-5-19-17-21(28)7-9-22(19)23(24)11-14-26(20,25)2/h5,7-9,13,17-18,23-25,28H,6,10-12,14-16H2,1-4H3/b20-13+. The van der Waals surface area contributed by atoms with Crippen molar-refractivity contribution in [2.45, 2.75) is 58.0 Å². The van der Waals surface area contributed by atoms with Crippen LogP contribution < -0.4 is 0 Å². The maximum absolute atomic E-state index is 9.84. The van der Waals surface area contributed by atoms with Crippen LogP contribution in [0.25, 0.3) is 6.08 Å². The molecule has 3 nitrogen and oxygen atoms in total. The highest BCUT2D eigenvalue weighted by Gasteiger charge is 2.51. The van der Waals surface area contributed by atoms with Gasteiger partial charge in [-0.25, -0.2) is 0 Å². The van der Waals surface area contributed by atoms with E-state index in [1.165, 1.54) is 36.8 Å². The van der Waals surface area contributed by atoms with E-state index in [0.717, 1.165) is 25.5 Å². The van der Waals surface area contributed by atoms with Gasteiger partial charge in [-0.2, -0.15) is 0 Å². The summed E-state index contributed by atoms with van der Waals surface area (Å²) in [7, 11) is 4.23. The number of ether oxygens (including phenoxy) is 1. The van der Waals surface area contributed by atoms with Crippen molar-refractivity contribution in [3.63, 3.8) is 0 Å². The van der Waals surface area contributed by atoms with Gasteiger partial charge in [0.15, 0.2) is 0 Å². The quantitative estimate of drug-likeness (QED) is 0.635. The zero-order valence-corrected chi connectivity index (χ0v) is 18.5. The van der Waals surface area contributed by atoms with E-state index in [1.807, 2.05) is 12.1 Å². The van der Waals surface area contributed by atoms with Crippen LogP contribution in [0.15, 0.2) is 35.9 Å². The lowest BCUT2D eigenvalue weighted by molar-refractivity contribution is 0.0739. The zero-order chi connectivity index (χ0) is 20.6. The van der Waals surface area contributed by atoms with Crippen LogP contribution in [0.5, 0.6) is 5.75 Å². The average Bonchev–Trinajstić information content (AvgIpc) is 3.02. The molecule has 29 heavy (non-hydrogen) atoms. The highest BCUT2D eigenvalue weighted by molar-refractivity contribution is 5.61. The van der Waals surface area contributed by atoms with Gasteiger partial charge in [-0.15, -0.1) is 0 Å². The van der Waals surface area contributed by atoms with Gasteiger partial charge in [0.25, 0.3) is 0 Å². The molecule has 1 aromatic carbocycles. The lowest BCUT2D eigenvalue weighted by atomic mass is 9.56. The molecule has 3 aliphatic rings. The summed E-state index contributed by atoms with van der Waals surface area (Å²) in [6.07, 6.45) is 13.5. The molecule has 0 aliphatic heterocycles. The van der Waals surface area contributed by atoms with Crippen LogP contribution in [0.1, 0.15) is 63.0 Å². The number of phenolic OH excluding ortho intramolecular Hbond substituents is 1. The van der Waals surface area contributed by atoms with Crippen molar-refractivity contribution in [2.75, 3.05) is 27.2 Å². The van der Waals surface area contributed by atoms with E-state index >= 15 is 0 Å². The Labute approximate surface area is 176 Å². The van der Waals surface area contributed by atoms with Crippen molar-refractivity contribution < 1.29 is 9.84 Å². The Morgan fingerprint density at radius 2 is 2.14 bits per heavy atom. The molecule has 1 aromatic rings. The minimum absolute atomic E-state index is 0.309. The summed E-state index contributed by atoms with van der Waals surface area (Å²) in [6, 6.07) is 5.94. The van der Waals surface area contributed by atoms with Gasteiger partial charge in [-0.1, -0.05) is 36.8 Å². The first-order valence-corrected chi connectivity index (χ1v) is 11.4. The van der Waals surface area contributed by atoms with E-state index in [-0.39, 0.29) is 0 Å². The lowest BCUT2D eigenvalue weighted by Gasteiger charge is -2.47. The molecule has 0 heterocycles. The average molecular weight is 396 g/mol. The third kappa shape index (κ3) is 4.04. The first-order valence-electron chi connectivity index (χ1n) is 11.4. The zero-order valence-electron chi connectivity index (χ0n) is 18.5. The van der Waals surface area contributed by atoms with Crippen LogP contribution in [-0.4, -0.2) is 43.4 Å². The van der Waals surface area contributed by atoms with Crippen LogP contribution >= 0.6 is 0 Å². The topological polar surface area (TPSA) is 32.7 Å². The van der Waals surface area contributed by atoms with E-state index in [2.05, 4.69) is 57.1 Å². The van der Waals surface area contributed by atoms with Gasteiger partial charge in [0.1, 0.15) is 5.75 Å². The molecule has 158 valence electrons. The van der Waals surface area contributed by atoms with Crippen molar-refractivity contribution >= 4 is 6.08 Å². The first-order chi connectivity index (χ1) is 13.9. The largest absolute Gasteiger partial charge is 0.508 e. The van der Waals surface area contributed by atoms with Crippen molar-refractivity contribution in [3.05, 3.63) is 47.1 Å². The lowest BCUT2D eigenvalue weighted by Crippen LogP contribution is -2.38. The predicted molar refractivity (Wildman–Crippen MR) is 120 cm³/mol. The number of allylic oxidation sites excluding steroid dienone is 2. The van der Waals surface area contributed by atoms with Gasteiger partial charge in [0.05, 0.1) is 12.7 Å². The second-order valence-electron chi connectivity index (χ2n) is 9.92. The molecule has 2 fully saturated rings. The Bertz CT molecular complexity index is 796. The van der Waals surface area contributed by atoms with E-state index in [4.69, 9.17) is 4.74 Å². The molecule has 3 aliphatic carbocycles. The van der Waals surface area contributed by atoms with E-state index in [9.17, 15) is 5.11 Å². The molecule has 4 rings (SSSR count). The van der Waals surface area contributed by atoms with E-state index in [1.54, 1.807) is 5.57 Å². The number of rotatable bonds is 6. The number of phenols is 1. The monoisotopic (exact) mass is 395 g/mol. The van der Waals surface area contributed by atoms with Gasteiger partial charge in [0, 0.05) is 0 Å². The smallest absolute Gasteiger partial charge is 0.116 e. The van der Waals surface area contributed by atoms with Gasteiger partial charge >= 0.3 is 0 Å². The van der Waals surface area contributed by atoms with E-state index in [0.29, 0.717) is 29.1 Å². The summed E-state index contributed by atoms with van der Waals surface area (Å²) in [4.78, 5) is 2.22. The summed E-state index contributed by atoms with van der Waals surface area (Å²) in [5.74, 6) is 2.32. The summed E-state index contributed by atoms with van der Waals surface area (Å²) in [5.41, 5.74) is 4.60. The van der Waals surface area contributed by atoms with Crippen LogP contribution in [-0.2, 0) is 4.74 Å². The van der Waals surface area contributed by atoms with Crippen LogP contribution in [0.4, 0.5) is 0 Å². The summed E-state index contributed by atoms with van der Waals surface area (Å²) >= 11 is 0. The molecule has 0 radical (unpaired) electrons. The number of fused-ring (bicyclic) bond motifs is 5. The molecular formula is C26H37NO2. The Morgan fingerprint density at radius 3 is 2.93 bits per heavy atom. The third-order valence-electron chi connectivity index (χ3n) is 7.84. The van der Waals surface area contributed by atoms with Crippen LogP contribution in [0, 0.1) is 17.3 Å².